The Morgan fingerprint density at radius 1 is 1.35 bits per heavy atom. The summed E-state index contributed by atoms with van der Waals surface area (Å²) >= 11 is 0. The molecule has 1 aliphatic heterocycles. The van der Waals surface area contributed by atoms with Crippen molar-refractivity contribution in [1.29, 1.82) is 0 Å². The molecule has 2 rings (SSSR count). The van der Waals surface area contributed by atoms with Crippen molar-refractivity contribution in [3.05, 3.63) is 29.8 Å². The van der Waals surface area contributed by atoms with E-state index in [0.717, 1.165) is 11.3 Å². The zero-order chi connectivity index (χ0) is 17.0. The molecule has 0 bridgehead atoms. The summed E-state index contributed by atoms with van der Waals surface area (Å²) in [4.78, 5) is 26.7. The van der Waals surface area contributed by atoms with Crippen LogP contribution in [0.15, 0.2) is 24.3 Å². The number of ether oxygens (including phenoxy) is 1. The first-order chi connectivity index (χ1) is 11.0. The van der Waals surface area contributed by atoms with Gasteiger partial charge in [-0.1, -0.05) is 12.1 Å². The highest BCUT2D eigenvalue weighted by Crippen LogP contribution is 2.37. The lowest BCUT2D eigenvalue weighted by Crippen LogP contribution is -2.49. The molecule has 1 aromatic carbocycles. The Balaban J connectivity index is 2.35. The van der Waals surface area contributed by atoms with Crippen LogP contribution < -0.4 is 10.1 Å². The first-order valence-corrected chi connectivity index (χ1v) is 8.21. The molecule has 1 aliphatic rings. The van der Waals surface area contributed by atoms with Crippen LogP contribution in [0.2, 0.25) is 0 Å². The monoisotopic (exact) mass is 318 g/mol. The summed E-state index contributed by atoms with van der Waals surface area (Å²) in [6.07, 6.45) is 1.02. The zero-order valence-corrected chi connectivity index (χ0v) is 14.3. The first-order valence-electron chi connectivity index (χ1n) is 8.21. The highest BCUT2D eigenvalue weighted by Gasteiger charge is 2.39. The molecule has 126 valence electrons. The third-order valence-corrected chi connectivity index (χ3v) is 4.27. The summed E-state index contributed by atoms with van der Waals surface area (Å²) in [6.45, 7) is 6.45. The molecule has 1 N–H and O–H groups in total. The third kappa shape index (κ3) is 3.84. The van der Waals surface area contributed by atoms with Gasteiger partial charge in [-0.2, -0.15) is 0 Å². The lowest BCUT2D eigenvalue weighted by atomic mass is 9.83. The van der Waals surface area contributed by atoms with E-state index in [1.807, 2.05) is 49.9 Å². The Morgan fingerprint density at radius 2 is 2.00 bits per heavy atom. The van der Waals surface area contributed by atoms with E-state index in [2.05, 4.69) is 5.32 Å². The van der Waals surface area contributed by atoms with Gasteiger partial charge in [0.2, 0.25) is 11.8 Å². The second kappa shape index (κ2) is 7.49. The van der Waals surface area contributed by atoms with Crippen molar-refractivity contribution < 1.29 is 14.3 Å². The number of rotatable bonds is 5. The number of nitrogens with one attached hydrogen (secondary N) is 1. The second-order valence-corrected chi connectivity index (χ2v) is 6.21. The van der Waals surface area contributed by atoms with Gasteiger partial charge < -0.3 is 15.0 Å². The molecule has 5 heteroatoms. The van der Waals surface area contributed by atoms with Gasteiger partial charge in [-0.05, 0) is 44.9 Å². The maximum absolute atomic E-state index is 12.6. The smallest absolute Gasteiger partial charge is 0.225 e. The highest BCUT2D eigenvalue weighted by molar-refractivity contribution is 5.85. The van der Waals surface area contributed by atoms with Crippen LogP contribution in [0.5, 0.6) is 5.75 Å². The Bertz CT molecular complexity index is 554. The van der Waals surface area contributed by atoms with Crippen LogP contribution >= 0.6 is 0 Å². The largest absolute Gasteiger partial charge is 0.497 e. The maximum atomic E-state index is 12.6. The molecule has 0 saturated carbocycles. The fraction of sp³-hybridized carbons (Fsp3) is 0.556. The molecule has 0 aliphatic carbocycles. The van der Waals surface area contributed by atoms with Crippen LogP contribution in [0.1, 0.15) is 45.2 Å². The number of amides is 2. The summed E-state index contributed by atoms with van der Waals surface area (Å²) in [5.41, 5.74) is 0.976. The normalized spacial score (nSPS) is 21.4. The molecule has 1 fully saturated rings. The number of nitrogens with zero attached hydrogens (tertiary/aromatic N) is 1. The Morgan fingerprint density at radius 3 is 2.52 bits per heavy atom. The van der Waals surface area contributed by atoms with E-state index < -0.39 is 0 Å². The molecule has 2 amide bonds. The minimum atomic E-state index is -0.219. The molecule has 1 saturated heterocycles. The number of carbonyl (C=O) groups is 2. The van der Waals surface area contributed by atoms with Crippen molar-refractivity contribution in [3.8, 4) is 5.75 Å². The Labute approximate surface area is 138 Å². The van der Waals surface area contributed by atoms with Gasteiger partial charge in [-0.3, -0.25) is 9.59 Å². The highest BCUT2D eigenvalue weighted by atomic mass is 16.5. The van der Waals surface area contributed by atoms with Crippen molar-refractivity contribution >= 4 is 11.8 Å². The Hall–Kier alpha value is -2.04. The van der Waals surface area contributed by atoms with E-state index in [1.165, 1.54) is 0 Å². The summed E-state index contributed by atoms with van der Waals surface area (Å²) in [5.74, 6) is 0.680. The standard InChI is InChI=1S/C18H26N2O3/c1-5-20-16(21)11-10-15(18(22)19-12(2)3)17(20)13-6-8-14(23-4)9-7-13/h6-9,12,15,17H,5,10-11H2,1-4H3,(H,19,22)/t15-,17+/m1/s1. The predicted molar refractivity (Wildman–Crippen MR) is 89.1 cm³/mol. The average molecular weight is 318 g/mol. The van der Waals surface area contributed by atoms with E-state index in [0.29, 0.717) is 19.4 Å². The van der Waals surface area contributed by atoms with Gasteiger partial charge in [-0.15, -0.1) is 0 Å². The van der Waals surface area contributed by atoms with Gasteiger partial charge in [-0.25, -0.2) is 0 Å². The van der Waals surface area contributed by atoms with Gasteiger partial charge in [0.15, 0.2) is 0 Å². The van der Waals surface area contributed by atoms with E-state index in [4.69, 9.17) is 4.74 Å². The first kappa shape index (κ1) is 17.3. The van der Waals surface area contributed by atoms with Crippen molar-refractivity contribution in [2.24, 2.45) is 5.92 Å². The van der Waals surface area contributed by atoms with Crippen LogP contribution in [0, 0.1) is 5.92 Å². The van der Waals surface area contributed by atoms with Gasteiger partial charge in [0.05, 0.1) is 19.1 Å². The second-order valence-electron chi connectivity index (χ2n) is 6.21. The number of hydrogen-bond donors (Lipinski definition) is 1. The molecular weight excluding hydrogens is 292 g/mol. The van der Waals surface area contributed by atoms with Crippen LogP contribution in [-0.2, 0) is 9.59 Å². The topological polar surface area (TPSA) is 58.6 Å². The predicted octanol–water partition coefficient (Wildman–Crippen LogP) is 2.52. The van der Waals surface area contributed by atoms with Crippen LogP contribution in [0.25, 0.3) is 0 Å². The van der Waals surface area contributed by atoms with Crippen molar-refractivity contribution in [3.63, 3.8) is 0 Å². The molecule has 23 heavy (non-hydrogen) atoms. The Kier molecular flexibility index (Phi) is 5.64. The number of likely N-dealkylation sites (tertiary alicyclic amines) is 1. The summed E-state index contributed by atoms with van der Waals surface area (Å²) < 4.78 is 5.20. The number of benzene rings is 1. The minimum absolute atomic E-state index is 0.0202. The number of methoxy groups -OCH3 is 1. The van der Waals surface area contributed by atoms with Crippen LogP contribution in [-0.4, -0.2) is 36.4 Å². The molecular formula is C18H26N2O3. The molecule has 1 aromatic rings. The van der Waals surface area contributed by atoms with E-state index in [-0.39, 0.29) is 29.8 Å². The van der Waals surface area contributed by atoms with E-state index in [9.17, 15) is 9.59 Å². The summed E-state index contributed by atoms with van der Waals surface area (Å²) in [7, 11) is 1.62. The lowest BCUT2D eigenvalue weighted by Gasteiger charge is -2.40. The van der Waals surface area contributed by atoms with Gasteiger partial charge in [0.25, 0.3) is 0 Å². The maximum Gasteiger partial charge on any atom is 0.225 e. The molecule has 5 nitrogen and oxygen atoms in total. The summed E-state index contributed by atoms with van der Waals surface area (Å²) in [6, 6.07) is 7.51. The van der Waals surface area contributed by atoms with E-state index in [1.54, 1.807) is 7.11 Å². The molecule has 0 aromatic heterocycles. The van der Waals surface area contributed by atoms with Crippen LogP contribution in [0.4, 0.5) is 0 Å². The van der Waals surface area contributed by atoms with Crippen molar-refractivity contribution in [2.75, 3.05) is 13.7 Å². The average Bonchev–Trinajstić information content (AvgIpc) is 2.53. The lowest BCUT2D eigenvalue weighted by molar-refractivity contribution is -0.143. The molecule has 1 heterocycles. The summed E-state index contributed by atoms with van der Waals surface area (Å²) in [5, 5.41) is 2.99. The molecule has 0 radical (unpaired) electrons. The zero-order valence-electron chi connectivity index (χ0n) is 14.3. The van der Waals surface area contributed by atoms with Crippen LogP contribution in [0.3, 0.4) is 0 Å². The SMILES string of the molecule is CCN1C(=O)CC[C@@H](C(=O)NC(C)C)[C@@H]1c1ccc(OC)cc1. The van der Waals surface area contributed by atoms with Gasteiger partial charge in [0, 0.05) is 19.0 Å². The van der Waals surface area contributed by atoms with E-state index >= 15 is 0 Å². The molecule has 0 spiro atoms. The quantitative estimate of drug-likeness (QED) is 0.907. The molecule has 0 unspecified atom stereocenters. The minimum Gasteiger partial charge on any atom is -0.497 e. The number of carbonyl (C=O) groups excluding carboxylic acids is 2. The third-order valence-electron chi connectivity index (χ3n) is 4.27. The molecule has 2 atom stereocenters. The van der Waals surface area contributed by atoms with Crippen molar-refractivity contribution in [1.82, 2.24) is 10.2 Å². The van der Waals surface area contributed by atoms with Crippen molar-refractivity contribution in [2.45, 2.75) is 45.7 Å². The number of hydrogen-bond acceptors (Lipinski definition) is 3. The fourth-order valence-electron chi connectivity index (χ4n) is 3.21. The van der Waals surface area contributed by atoms with Gasteiger partial charge in [0.1, 0.15) is 5.75 Å². The number of piperidine rings is 1. The fourth-order valence-corrected chi connectivity index (χ4v) is 3.21. The van der Waals surface area contributed by atoms with Gasteiger partial charge >= 0.3 is 0 Å².